The number of ether oxygens (including phenoxy) is 1. The van der Waals surface area contributed by atoms with Crippen molar-refractivity contribution in [3.63, 3.8) is 0 Å². The minimum atomic E-state index is -0.437. The van der Waals surface area contributed by atoms with Gasteiger partial charge in [-0.3, -0.25) is 0 Å². The smallest absolute Gasteiger partial charge is 0.344 e. The van der Waals surface area contributed by atoms with Crippen molar-refractivity contribution in [2.24, 2.45) is 0 Å². The third kappa shape index (κ3) is 3.57. The van der Waals surface area contributed by atoms with Gasteiger partial charge < -0.3 is 20.7 Å². The molecule has 1 aromatic heterocycles. The Morgan fingerprint density at radius 1 is 1.53 bits per heavy atom. The molecule has 1 aliphatic rings. The van der Waals surface area contributed by atoms with E-state index < -0.39 is 5.97 Å². The van der Waals surface area contributed by atoms with E-state index in [9.17, 15) is 4.79 Å². The summed E-state index contributed by atoms with van der Waals surface area (Å²) in [5, 5.41) is 3.92. The summed E-state index contributed by atoms with van der Waals surface area (Å²) in [5.74, 6) is -0.202. The zero-order chi connectivity index (χ0) is 13.7. The number of carbonyl (C=O) groups excluding carboxylic acids is 1. The second-order valence-corrected chi connectivity index (χ2v) is 5.37. The maximum absolute atomic E-state index is 11.6. The molecule has 0 aromatic carbocycles. The average Bonchev–Trinajstić information content (AvgIpc) is 3.04. The molecule has 2 heterocycles. The maximum Gasteiger partial charge on any atom is 0.344 e. The number of nitrogen functional groups attached to an aromatic ring is 1. The highest BCUT2D eigenvalue weighted by Crippen LogP contribution is 2.27. The van der Waals surface area contributed by atoms with Crippen LogP contribution < -0.4 is 11.1 Å². The molecule has 0 spiro atoms. The van der Waals surface area contributed by atoms with E-state index >= 15 is 0 Å². The van der Waals surface area contributed by atoms with Gasteiger partial charge in [-0.2, -0.15) is 4.37 Å². The molecular formula is C12H20N4O2S. The van der Waals surface area contributed by atoms with E-state index in [-0.39, 0.29) is 5.82 Å². The number of nitrogens with zero attached hydrogens (tertiary/aromatic N) is 2. The van der Waals surface area contributed by atoms with E-state index in [2.05, 4.69) is 14.6 Å². The Bertz CT molecular complexity index is 429. The predicted octanol–water partition coefficient (Wildman–Crippen LogP) is 1.41. The van der Waals surface area contributed by atoms with Gasteiger partial charge in [-0.15, -0.1) is 0 Å². The largest absolute Gasteiger partial charge is 0.465 e. The molecule has 2 rings (SSSR count). The first kappa shape index (κ1) is 14.1. The van der Waals surface area contributed by atoms with Gasteiger partial charge in [0, 0.05) is 6.54 Å². The Morgan fingerprint density at radius 2 is 2.26 bits per heavy atom. The maximum atomic E-state index is 11.6. The van der Waals surface area contributed by atoms with Crippen LogP contribution in [0.25, 0.3) is 0 Å². The molecular weight excluding hydrogens is 264 g/mol. The van der Waals surface area contributed by atoms with Crippen molar-refractivity contribution in [1.82, 2.24) is 9.27 Å². The Kier molecular flexibility index (Phi) is 4.98. The molecule has 0 saturated carbocycles. The second-order valence-electron chi connectivity index (χ2n) is 4.59. The molecule has 106 valence electrons. The molecule has 6 nitrogen and oxygen atoms in total. The van der Waals surface area contributed by atoms with Gasteiger partial charge >= 0.3 is 5.97 Å². The highest BCUT2D eigenvalue weighted by atomic mass is 32.1. The lowest BCUT2D eigenvalue weighted by Gasteiger charge is -2.14. The number of methoxy groups -OCH3 is 1. The highest BCUT2D eigenvalue weighted by Gasteiger charge is 2.19. The summed E-state index contributed by atoms with van der Waals surface area (Å²) >= 11 is 1.20. The standard InChI is InChI=1S/C12H20N4O2S/c1-18-12(17)9-10(13)15-19-11(9)14-5-4-8-16-6-2-3-7-16/h14H,2-8H2,1H3,(H2,13,15). The third-order valence-corrected chi connectivity index (χ3v) is 4.06. The van der Waals surface area contributed by atoms with Crippen molar-refractivity contribution in [3.05, 3.63) is 5.56 Å². The summed E-state index contributed by atoms with van der Waals surface area (Å²) in [6.07, 6.45) is 3.66. The fraction of sp³-hybridized carbons (Fsp3) is 0.667. The van der Waals surface area contributed by atoms with Crippen molar-refractivity contribution < 1.29 is 9.53 Å². The molecule has 0 bridgehead atoms. The van der Waals surface area contributed by atoms with E-state index in [1.165, 1.54) is 44.6 Å². The van der Waals surface area contributed by atoms with Crippen LogP contribution in [0.5, 0.6) is 0 Å². The molecule has 1 fully saturated rings. The summed E-state index contributed by atoms with van der Waals surface area (Å²) in [6.45, 7) is 4.32. The van der Waals surface area contributed by atoms with Gasteiger partial charge in [0.2, 0.25) is 0 Å². The molecule has 0 radical (unpaired) electrons. The van der Waals surface area contributed by atoms with Crippen LogP contribution in [0, 0.1) is 0 Å². The highest BCUT2D eigenvalue weighted by molar-refractivity contribution is 7.11. The molecule has 0 unspecified atom stereocenters. The Hall–Kier alpha value is -1.34. The van der Waals surface area contributed by atoms with Crippen LogP contribution in [0.15, 0.2) is 0 Å². The molecule has 7 heteroatoms. The van der Waals surface area contributed by atoms with Crippen molar-refractivity contribution in [2.45, 2.75) is 19.3 Å². The quantitative estimate of drug-likeness (QED) is 0.607. The number of hydrogen-bond donors (Lipinski definition) is 2. The zero-order valence-corrected chi connectivity index (χ0v) is 12.0. The number of likely N-dealkylation sites (tertiary alicyclic amines) is 1. The summed E-state index contributed by atoms with van der Waals surface area (Å²) in [6, 6.07) is 0. The Labute approximate surface area is 117 Å². The van der Waals surface area contributed by atoms with E-state index in [1.807, 2.05) is 0 Å². The van der Waals surface area contributed by atoms with Crippen LogP contribution in [0.3, 0.4) is 0 Å². The summed E-state index contributed by atoms with van der Waals surface area (Å²) < 4.78 is 8.69. The zero-order valence-electron chi connectivity index (χ0n) is 11.1. The van der Waals surface area contributed by atoms with Gasteiger partial charge in [-0.1, -0.05) is 0 Å². The van der Waals surface area contributed by atoms with Crippen LogP contribution in [-0.4, -0.2) is 48.5 Å². The lowest BCUT2D eigenvalue weighted by Crippen LogP contribution is -2.22. The molecule has 1 saturated heterocycles. The molecule has 1 aliphatic heterocycles. The van der Waals surface area contributed by atoms with E-state index in [1.54, 1.807) is 0 Å². The molecule has 0 amide bonds. The number of nitrogens with two attached hydrogens (primary N) is 1. The van der Waals surface area contributed by atoms with Crippen molar-refractivity contribution >= 4 is 28.3 Å². The lowest BCUT2D eigenvalue weighted by molar-refractivity contribution is 0.0603. The normalized spacial score (nSPS) is 15.6. The van der Waals surface area contributed by atoms with Crippen LogP contribution in [0.1, 0.15) is 29.6 Å². The van der Waals surface area contributed by atoms with E-state index in [4.69, 9.17) is 10.5 Å². The van der Waals surface area contributed by atoms with Crippen LogP contribution >= 0.6 is 11.5 Å². The van der Waals surface area contributed by atoms with Crippen LogP contribution in [0.2, 0.25) is 0 Å². The van der Waals surface area contributed by atoms with Gasteiger partial charge in [-0.25, -0.2) is 4.79 Å². The topological polar surface area (TPSA) is 80.5 Å². The number of anilines is 2. The van der Waals surface area contributed by atoms with Crippen molar-refractivity contribution in [3.8, 4) is 0 Å². The minimum absolute atomic E-state index is 0.235. The minimum Gasteiger partial charge on any atom is -0.465 e. The molecule has 19 heavy (non-hydrogen) atoms. The third-order valence-electron chi connectivity index (χ3n) is 3.24. The van der Waals surface area contributed by atoms with Crippen molar-refractivity contribution in [2.75, 3.05) is 44.3 Å². The van der Waals surface area contributed by atoms with Gasteiger partial charge in [0.15, 0.2) is 5.82 Å². The number of rotatable bonds is 6. The molecule has 0 atom stereocenters. The number of esters is 1. The van der Waals surface area contributed by atoms with Gasteiger partial charge in [0.05, 0.1) is 7.11 Å². The molecule has 1 aromatic rings. The molecule has 3 N–H and O–H groups in total. The number of nitrogens with one attached hydrogen (secondary N) is 1. The summed E-state index contributed by atoms with van der Waals surface area (Å²) in [5.41, 5.74) is 6.03. The molecule has 0 aliphatic carbocycles. The van der Waals surface area contributed by atoms with E-state index in [0.29, 0.717) is 10.6 Å². The first-order chi connectivity index (χ1) is 9.22. The fourth-order valence-corrected chi connectivity index (χ4v) is 2.96. The van der Waals surface area contributed by atoms with E-state index in [0.717, 1.165) is 19.5 Å². The fourth-order valence-electron chi connectivity index (χ4n) is 2.23. The van der Waals surface area contributed by atoms with Gasteiger partial charge in [0.25, 0.3) is 0 Å². The lowest BCUT2D eigenvalue weighted by atomic mass is 10.3. The van der Waals surface area contributed by atoms with Crippen LogP contribution in [-0.2, 0) is 4.74 Å². The van der Waals surface area contributed by atoms with Gasteiger partial charge in [-0.05, 0) is 50.4 Å². The first-order valence-corrected chi connectivity index (χ1v) is 7.29. The number of hydrogen-bond acceptors (Lipinski definition) is 7. The number of aromatic nitrogens is 1. The number of carbonyl (C=O) groups is 1. The van der Waals surface area contributed by atoms with Crippen molar-refractivity contribution in [1.29, 1.82) is 0 Å². The predicted molar refractivity (Wildman–Crippen MR) is 76.6 cm³/mol. The Morgan fingerprint density at radius 3 is 2.95 bits per heavy atom. The summed E-state index contributed by atoms with van der Waals surface area (Å²) in [7, 11) is 1.34. The average molecular weight is 284 g/mol. The monoisotopic (exact) mass is 284 g/mol. The Balaban J connectivity index is 1.80. The summed E-state index contributed by atoms with van der Waals surface area (Å²) in [4.78, 5) is 14.0. The first-order valence-electron chi connectivity index (χ1n) is 6.52. The SMILES string of the molecule is COC(=O)c1c(N)nsc1NCCCN1CCCC1. The van der Waals surface area contributed by atoms with Gasteiger partial charge in [0.1, 0.15) is 10.6 Å². The second kappa shape index (κ2) is 6.72. The van der Waals surface area contributed by atoms with Crippen LogP contribution in [0.4, 0.5) is 10.8 Å².